The molecule has 184 valence electrons. The summed E-state index contributed by atoms with van der Waals surface area (Å²) in [5.41, 5.74) is 4.39. The van der Waals surface area contributed by atoms with Gasteiger partial charge in [-0.3, -0.25) is 19.3 Å². The Labute approximate surface area is 211 Å². The van der Waals surface area contributed by atoms with E-state index in [1.165, 1.54) is 11.3 Å². The monoisotopic (exact) mass is 481 g/mol. The lowest BCUT2D eigenvalue weighted by Crippen LogP contribution is -2.56. The lowest BCUT2D eigenvalue weighted by molar-refractivity contribution is 0.0824. The quantitative estimate of drug-likeness (QED) is 0.441. The molecule has 0 saturated carbocycles. The average molecular weight is 482 g/mol. The lowest BCUT2D eigenvalue weighted by atomic mass is 9.83. The zero-order valence-corrected chi connectivity index (χ0v) is 20.8. The van der Waals surface area contributed by atoms with Crippen molar-refractivity contribution in [2.75, 3.05) is 31.1 Å². The van der Waals surface area contributed by atoms with E-state index in [-0.39, 0.29) is 23.6 Å². The van der Waals surface area contributed by atoms with Crippen molar-refractivity contribution in [1.29, 1.82) is 0 Å². The van der Waals surface area contributed by atoms with Gasteiger partial charge in [0.2, 0.25) is 0 Å². The maximum atomic E-state index is 13.3. The summed E-state index contributed by atoms with van der Waals surface area (Å²) in [4.78, 5) is 44.0. The maximum Gasteiger partial charge on any atom is 0.252 e. The zero-order valence-electron chi connectivity index (χ0n) is 20.8. The number of nitrogens with one attached hydrogen (secondary N) is 1. The first-order valence-corrected chi connectivity index (χ1v) is 12.7. The third-order valence-corrected chi connectivity index (χ3v) is 7.26. The maximum absolute atomic E-state index is 13.3. The first-order chi connectivity index (χ1) is 17.5. The van der Waals surface area contributed by atoms with E-state index in [0.717, 1.165) is 39.0 Å². The van der Waals surface area contributed by atoms with Crippen molar-refractivity contribution in [3.8, 4) is 0 Å². The molecule has 1 aliphatic carbocycles. The Morgan fingerprint density at radius 3 is 2.11 bits per heavy atom. The molecule has 6 nitrogen and oxygen atoms in total. The van der Waals surface area contributed by atoms with Crippen LogP contribution in [0.1, 0.15) is 67.5 Å². The number of aryl methyl sites for hydroxylation is 1. The van der Waals surface area contributed by atoms with Crippen LogP contribution in [0.4, 0.5) is 5.69 Å². The van der Waals surface area contributed by atoms with Crippen molar-refractivity contribution < 1.29 is 14.4 Å². The van der Waals surface area contributed by atoms with E-state index in [1.807, 2.05) is 0 Å². The molecule has 1 amide bonds. The van der Waals surface area contributed by atoms with Crippen molar-refractivity contribution in [3.05, 3.63) is 100 Å². The fourth-order valence-electron chi connectivity index (χ4n) is 5.29. The molecule has 3 aromatic rings. The molecular formula is C30H31N3O3. The summed E-state index contributed by atoms with van der Waals surface area (Å²) < 4.78 is 0. The minimum Gasteiger partial charge on any atom is -0.369 e. The molecule has 2 aliphatic rings. The third-order valence-electron chi connectivity index (χ3n) is 7.26. The number of amides is 1. The van der Waals surface area contributed by atoms with Gasteiger partial charge in [0.25, 0.3) is 5.91 Å². The molecule has 1 N–H and O–H groups in total. The van der Waals surface area contributed by atoms with E-state index in [2.05, 4.69) is 53.2 Å². The molecule has 36 heavy (non-hydrogen) atoms. The largest absolute Gasteiger partial charge is 0.369 e. The number of ketones is 2. The second-order valence-corrected chi connectivity index (χ2v) is 9.55. The van der Waals surface area contributed by atoms with Gasteiger partial charge in [-0.25, -0.2) is 0 Å². The van der Waals surface area contributed by atoms with E-state index in [0.29, 0.717) is 27.8 Å². The summed E-state index contributed by atoms with van der Waals surface area (Å²) in [6, 6.07) is 20.1. The molecule has 0 radical (unpaired) electrons. The van der Waals surface area contributed by atoms with E-state index in [9.17, 15) is 14.4 Å². The van der Waals surface area contributed by atoms with Gasteiger partial charge in [0.05, 0.1) is 6.17 Å². The molecule has 1 saturated heterocycles. The molecule has 0 bridgehead atoms. The molecule has 1 fully saturated rings. The third kappa shape index (κ3) is 4.44. The number of hydrogen-bond donors (Lipinski definition) is 1. The Kier molecular flexibility index (Phi) is 6.70. The summed E-state index contributed by atoms with van der Waals surface area (Å²) in [6.07, 6.45) is 1.69. The van der Waals surface area contributed by atoms with Crippen LogP contribution in [0.5, 0.6) is 0 Å². The van der Waals surface area contributed by atoms with Crippen LogP contribution in [0, 0.1) is 6.92 Å². The van der Waals surface area contributed by atoms with Crippen LogP contribution in [0.3, 0.4) is 0 Å². The number of rotatable bonds is 6. The Morgan fingerprint density at radius 2 is 1.44 bits per heavy atom. The Balaban J connectivity index is 1.30. The predicted octanol–water partition coefficient (Wildman–Crippen LogP) is 4.45. The minimum atomic E-state index is -0.225. The Bertz CT molecular complexity index is 1320. The highest BCUT2D eigenvalue weighted by atomic mass is 16.2. The second kappa shape index (κ2) is 10.1. The van der Waals surface area contributed by atoms with Crippen LogP contribution in [-0.4, -0.2) is 54.7 Å². The fourth-order valence-corrected chi connectivity index (χ4v) is 5.29. The van der Waals surface area contributed by atoms with Crippen LogP contribution in [-0.2, 0) is 0 Å². The summed E-state index contributed by atoms with van der Waals surface area (Å²) >= 11 is 0. The van der Waals surface area contributed by atoms with Crippen molar-refractivity contribution in [1.82, 2.24) is 10.2 Å². The Morgan fingerprint density at radius 1 is 0.833 bits per heavy atom. The van der Waals surface area contributed by atoms with E-state index < -0.39 is 0 Å². The molecule has 1 aliphatic heterocycles. The normalized spacial score (nSPS) is 16.3. The van der Waals surface area contributed by atoms with Crippen molar-refractivity contribution in [2.24, 2.45) is 0 Å². The Hall–Kier alpha value is -3.77. The van der Waals surface area contributed by atoms with E-state index in [1.54, 1.807) is 42.5 Å². The summed E-state index contributed by atoms with van der Waals surface area (Å²) in [6.45, 7) is 7.76. The standard InChI is InChI=1S/C30H31N3O3/c1-3-8-27(33-17-15-32(16-18-33)26-12-7-4-9-20(26)2)31-30(36)21-13-14-24-25(19-21)29(35)23-11-6-5-10-22(23)28(24)34/h4-7,9-14,19,27H,3,8,15-18H2,1-2H3,(H,31,36). The highest BCUT2D eigenvalue weighted by molar-refractivity contribution is 6.28. The molecule has 3 aromatic carbocycles. The summed E-state index contributed by atoms with van der Waals surface area (Å²) in [5, 5.41) is 3.19. The number of anilines is 1. The highest BCUT2D eigenvalue weighted by Crippen LogP contribution is 2.28. The first kappa shape index (κ1) is 23.9. The summed E-state index contributed by atoms with van der Waals surface area (Å²) in [5.74, 6) is -0.619. The molecule has 0 spiro atoms. The molecule has 0 aromatic heterocycles. The van der Waals surface area contributed by atoms with Crippen LogP contribution >= 0.6 is 0 Å². The SMILES string of the molecule is CCCC(NC(=O)c1ccc2c(c1)C(=O)c1ccccc1C2=O)N1CCN(c2ccccc2C)CC1. The van der Waals surface area contributed by atoms with Crippen LogP contribution in [0.15, 0.2) is 66.7 Å². The molecule has 1 heterocycles. The van der Waals surface area contributed by atoms with Crippen LogP contribution in [0.25, 0.3) is 0 Å². The van der Waals surface area contributed by atoms with Crippen molar-refractivity contribution >= 4 is 23.2 Å². The number of benzene rings is 3. The van der Waals surface area contributed by atoms with E-state index in [4.69, 9.17) is 0 Å². The van der Waals surface area contributed by atoms with Gasteiger partial charge in [-0.1, -0.05) is 55.8 Å². The van der Waals surface area contributed by atoms with Gasteiger partial charge in [-0.15, -0.1) is 0 Å². The zero-order chi connectivity index (χ0) is 25.2. The number of carbonyl (C=O) groups excluding carboxylic acids is 3. The number of hydrogen-bond acceptors (Lipinski definition) is 5. The molecular weight excluding hydrogens is 450 g/mol. The van der Waals surface area contributed by atoms with Crippen molar-refractivity contribution in [2.45, 2.75) is 32.9 Å². The second-order valence-electron chi connectivity index (χ2n) is 9.55. The topological polar surface area (TPSA) is 69.7 Å². The van der Waals surface area contributed by atoms with E-state index >= 15 is 0 Å². The molecule has 6 heteroatoms. The predicted molar refractivity (Wildman–Crippen MR) is 141 cm³/mol. The number of nitrogens with zero attached hydrogens (tertiary/aromatic N) is 2. The number of carbonyl (C=O) groups is 3. The number of piperazine rings is 1. The number of para-hydroxylation sites is 1. The van der Waals surface area contributed by atoms with Crippen LogP contribution in [0.2, 0.25) is 0 Å². The van der Waals surface area contributed by atoms with Gasteiger partial charge in [0.15, 0.2) is 11.6 Å². The van der Waals surface area contributed by atoms with Crippen molar-refractivity contribution in [3.63, 3.8) is 0 Å². The van der Waals surface area contributed by atoms with Gasteiger partial charge in [-0.2, -0.15) is 0 Å². The van der Waals surface area contributed by atoms with Gasteiger partial charge in [-0.05, 0) is 43.2 Å². The lowest BCUT2D eigenvalue weighted by Gasteiger charge is -2.40. The molecule has 1 unspecified atom stereocenters. The average Bonchev–Trinajstić information content (AvgIpc) is 2.91. The molecule has 5 rings (SSSR count). The van der Waals surface area contributed by atoms with Gasteiger partial charge < -0.3 is 10.2 Å². The van der Waals surface area contributed by atoms with Gasteiger partial charge >= 0.3 is 0 Å². The minimum absolute atomic E-state index is 0.0874. The van der Waals surface area contributed by atoms with Gasteiger partial charge in [0.1, 0.15) is 0 Å². The van der Waals surface area contributed by atoms with Gasteiger partial charge in [0, 0.05) is 59.7 Å². The smallest absolute Gasteiger partial charge is 0.252 e. The number of fused-ring (bicyclic) bond motifs is 2. The molecule has 1 atom stereocenters. The first-order valence-electron chi connectivity index (χ1n) is 12.7. The highest BCUT2D eigenvalue weighted by Gasteiger charge is 2.31. The fraction of sp³-hybridized carbons (Fsp3) is 0.300. The summed E-state index contributed by atoms with van der Waals surface area (Å²) in [7, 11) is 0. The van der Waals surface area contributed by atoms with Crippen LogP contribution < -0.4 is 10.2 Å².